The van der Waals surface area contributed by atoms with Gasteiger partial charge in [0, 0.05) is 24.2 Å². The number of amides is 2. The number of nitrogens with one attached hydrogen (secondary N) is 1. The Kier molecular flexibility index (Phi) is 7.14. The number of hydrogen-bond acceptors (Lipinski definition) is 4. The van der Waals surface area contributed by atoms with Gasteiger partial charge in [0.2, 0.25) is 17.8 Å². The first-order chi connectivity index (χ1) is 15.2. The molecule has 10 heteroatoms. The summed E-state index contributed by atoms with van der Waals surface area (Å²) in [6, 6.07) is 9.80. The van der Waals surface area contributed by atoms with Gasteiger partial charge in [0.15, 0.2) is 0 Å². The van der Waals surface area contributed by atoms with E-state index in [1.165, 1.54) is 48.8 Å². The molecule has 32 heavy (non-hydrogen) atoms. The summed E-state index contributed by atoms with van der Waals surface area (Å²) in [5.41, 5.74) is 0.946. The normalized spacial score (nSPS) is 10.8. The zero-order valence-electron chi connectivity index (χ0n) is 16.9. The van der Waals surface area contributed by atoms with Crippen LogP contribution in [0.5, 0.6) is 0 Å². The van der Waals surface area contributed by atoms with Crippen molar-refractivity contribution in [1.82, 2.24) is 9.97 Å². The van der Waals surface area contributed by atoms with Crippen LogP contribution < -0.4 is 10.2 Å². The minimum Gasteiger partial charge on any atom is -0.324 e. The molecule has 0 spiro atoms. The molecule has 2 heterocycles. The highest BCUT2D eigenvalue weighted by atomic mass is 19.3. The number of alkyl halides is 2. The van der Waals surface area contributed by atoms with E-state index in [4.69, 9.17) is 0 Å². The number of aromatic nitrogens is 2. The van der Waals surface area contributed by atoms with E-state index in [0.29, 0.717) is 21.8 Å². The van der Waals surface area contributed by atoms with Crippen molar-refractivity contribution in [3.8, 4) is 11.3 Å². The molecule has 166 valence electrons. The minimum atomic E-state index is -2.81. The molecule has 0 atom stereocenters. The predicted molar refractivity (Wildman–Crippen MR) is 110 cm³/mol. The van der Waals surface area contributed by atoms with E-state index in [9.17, 15) is 27.2 Å². The standard InChI is InChI=1S/C22H18F4N4O2/c1-13(31)30(12-20(24)25)19-7-4-14(9-17(19)23)18-6-5-16(11-28-18)29-21(32)10-15-3-2-8-27-22(15)26/h2-9,11,20H,10,12H2,1H3,(H,29,32). The smallest absolute Gasteiger partial charge is 0.256 e. The summed E-state index contributed by atoms with van der Waals surface area (Å²) in [4.78, 5) is 32.0. The second-order valence-corrected chi connectivity index (χ2v) is 6.80. The molecule has 0 aliphatic carbocycles. The molecule has 3 rings (SSSR count). The quantitative estimate of drug-likeness (QED) is 0.436. The Morgan fingerprint density at radius 1 is 1.09 bits per heavy atom. The van der Waals surface area contributed by atoms with Crippen molar-refractivity contribution in [1.29, 1.82) is 0 Å². The van der Waals surface area contributed by atoms with Gasteiger partial charge in [0.1, 0.15) is 5.82 Å². The first-order valence-electron chi connectivity index (χ1n) is 9.46. The number of rotatable bonds is 7. The van der Waals surface area contributed by atoms with Crippen LogP contribution >= 0.6 is 0 Å². The van der Waals surface area contributed by atoms with Gasteiger partial charge < -0.3 is 10.2 Å². The third-order valence-electron chi connectivity index (χ3n) is 4.47. The minimum absolute atomic E-state index is 0.150. The van der Waals surface area contributed by atoms with E-state index in [-0.39, 0.29) is 17.7 Å². The molecule has 0 aliphatic rings. The molecule has 0 bridgehead atoms. The van der Waals surface area contributed by atoms with E-state index < -0.39 is 36.5 Å². The topological polar surface area (TPSA) is 75.2 Å². The van der Waals surface area contributed by atoms with E-state index in [2.05, 4.69) is 15.3 Å². The maximum Gasteiger partial charge on any atom is 0.256 e. The maximum absolute atomic E-state index is 14.5. The van der Waals surface area contributed by atoms with E-state index >= 15 is 0 Å². The fourth-order valence-electron chi connectivity index (χ4n) is 2.99. The lowest BCUT2D eigenvalue weighted by molar-refractivity contribution is -0.117. The Hall–Kier alpha value is -3.82. The van der Waals surface area contributed by atoms with Crippen LogP contribution in [0.1, 0.15) is 12.5 Å². The van der Waals surface area contributed by atoms with Gasteiger partial charge in [0.05, 0.1) is 36.2 Å². The van der Waals surface area contributed by atoms with Gasteiger partial charge in [-0.25, -0.2) is 18.2 Å². The average molecular weight is 446 g/mol. The zero-order valence-corrected chi connectivity index (χ0v) is 16.9. The van der Waals surface area contributed by atoms with Crippen molar-refractivity contribution in [3.63, 3.8) is 0 Å². The second-order valence-electron chi connectivity index (χ2n) is 6.80. The third kappa shape index (κ3) is 5.65. The molecule has 0 saturated heterocycles. The first-order valence-corrected chi connectivity index (χ1v) is 9.46. The van der Waals surface area contributed by atoms with Crippen LogP contribution in [0.25, 0.3) is 11.3 Å². The largest absolute Gasteiger partial charge is 0.324 e. The Labute approximate surface area is 180 Å². The van der Waals surface area contributed by atoms with Crippen molar-refractivity contribution >= 4 is 23.2 Å². The molecule has 2 aromatic heterocycles. The van der Waals surface area contributed by atoms with Crippen LogP contribution in [0.4, 0.5) is 28.9 Å². The van der Waals surface area contributed by atoms with Crippen LogP contribution in [0.2, 0.25) is 0 Å². The lowest BCUT2D eigenvalue weighted by atomic mass is 10.1. The lowest BCUT2D eigenvalue weighted by Crippen LogP contribution is -2.33. The van der Waals surface area contributed by atoms with Gasteiger partial charge in [-0.3, -0.25) is 14.6 Å². The second kappa shape index (κ2) is 9.99. The van der Waals surface area contributed by atoms with Gasteiger partial charge >= 0.3 is 0 Å². The van der Waals surface area contributed by atoms with Crippen LogP contribution in [0.3, 0.4) is 0 Å². The summed E-state index contributed by atoms with van der Waals surface area (Å²) in [5, 5.41) is 2.58. The van der Waals surface area contributed by atoms with Crippen molar-refractivity contribution in [3.05, 3.63) is 72.2 Å². The monoisotopic (exact) mass is 446 g/mol. The number of pyridine rings is 2. The van der Waals surface area contributed by atoms with Crippen molar-refractivity contribution in [2.75, 3.05) is 16.8 Å². The van der Waals surface area contributed by atoms with Crippen LogP contribution in [0, 0.1) is 11.8 Å². The van der Waals surface area contributed by atoms with Crippen LogP contribution in [0.15, 0.2) is 54.9 Å². The molecular formula is C22H18F4N4O2. The number of halogens is 4. The molecule has 2 amide bonds. The van der Waals surface area contributed by atoms with Crippen molar-refractivity contribution < 1.29 is 27.2 Å². The Bertz CT molecular complexity index is 1120. The molecular weight excluding hydrogens is 428 g/mol. The van der Waals surface area contributed by atoms with E-state index in [0.717, 1.165) is 13.0 Å². The Morgan fingerprint density at radius 3 is 2.47 bits per heavy atom. The summed E-state index contributed by atoms with van der Waals surface area (Å²) in [7, 11) is 0. The maximum atomic E-state index is 14.5. The number of hydrogen-bond donors (Lipinski definition) is 1. The molecule has 1 N–H and O–H groups in total. The first kappa shape index (κ1) is 22.9. The Morgan fingerprint density at radius 2 is 1.88 bits per heavy atom. The van der Waals surface area contributed by atoms with Crippen molar-refractivity contribution in [2.24, 2.45) is 0 Å². The predicted octanol–water partition coefficient (Wildman–Crippen LogP) is 4.22. The van der Waals surface area contributed by atoms with Crippen LogP contribution in [-0.2, 0) is 16.0 Å². The number of benzene rings is 1. The highest BCUT2D eigenvalue weighted by molar-refractivity contribution is 5.93. The van der Waals surface area contributed by atoms with E-state index in [1.54, 1.807) is 0 Å². The molecule has 6 nitrogen and oxygen atoms in total. The molecule has 3 aromatic rings. The molecule has 0 saturated carbocycles. The fraction of sp³-hybridized carbons (Fsp3) is 0.182. The number of carbonyl (C=O) groups is 2. The summed E-state index contributed by atoms with van der Waals surface area (Å²) < 4.78 is 53.5. The summed E-state index contributed by atoms with van der Waals surface area (Å²) in [5.74, 6) is -2.75. The summed E-state index contributed by atoms with van der Waals surface area (Å²) >= 11 is 0. The summed E-state index contributed by atoms with van der Waals surface area (Å²) in [6.45, 7) is 0.161. The van der Waals surface area contributed by atoms with Gasteiger partial charge in [0.25, 0.3) is 6.43 Å². The molecule has 1 aromatic carbocycles. The van der Waals surface area contributed by atoms with Crippen molar-refractivity contribution in [2.45, 2.75) is 19.8 Å². The van der Waals surface area contributed by atoms with E-state index in [1.807, 2.05) is 0 Å². The van der Waals surface area contributed by atoms with Crippen LogP contribution in [-0.4, -0.2) is 34.8 Å². The highest BCUT2D eigenvalue weighted by Gasteiger charge is 2.20. The molecule has 0 fully saturated rings. The van der Waals surface area contributed by atoms with Gasteiger partial charge in [-0.15, -0.1) is 0 Å². The lowest BCUT2D eigenvalue weighted by Gasteiger charge is -2.21. The highest BCUT2D eigenvalue weighted by Crippen LogP contribution is 2.27. The number of carbonyl (C=O) groups excluding carboxylic acids is 2. The van der Waals surface area contributed by atoms with Gasteiger partial charge in [-0.2, -0.15) is 4.39 Å². The number of anilines is 2. The Balaban J connectivity index is 1.71. The fourth-order valence-corrected chi connectivity index (χ4v) is 2.99. The third-order valence-corrected chi connectivity index (χ3v) is 4.47. The van der Waals surface area contributed by atoms with Gasteiger partial charge in [-0.05, 0) is 30.3 Å². The number of nitrogens with zero attached hydrogens (tertiary/aromatic N) is 3. The zero-order chi connectivity index (χ0) is 23.3. The average Bonchev–Trinajstić information content (AvgIpc) is 2.74. The SMILES string of the molecule is CC(=O)N(CC(F)F)c1ccc(-c2ccc(NC(=O)Cc3cccnc3F)cn2)cc1F. The molecule has 0 radical (unpaired) electrons. The van der Waals surface area contributed by atoms with Gasteiger partial charge in [-0.1, -0.05) is 12.1 Å². The summed E-state index contributed by atoms with van der Waals surface area (Å²) in [6.07, 6.45) is -0.390. The molecule has 0 unspecified atom stereocenters. The molecule has 0 aliphatic heterocycles.